The van der Waals surface area contributed by atoms with Crippen LogP contribution in [0.5, 0.6) is 0 Å². The number of methoxy groups -OCH3 is 1. The van der Waals surface area contributed by atoms with E-state index in [0.29, 0.717) is 32.7 Å². The van der Waals surface area contributed by atoms with Crippen molar-refractivity contribution >= 4 is 107 Å². The lowest BCUT2D eigenvalue weighted by Crippen LogP contribution is -2.42. The highest BCUT2D eigenvalue weighted by molar-refractivity contribution is 9.10. The molecule has 2 atom stereocenters. The zero-order chi connectivity index (χ0) is 42.9. The number of nitrogens with one attached hydrogen (secondary N) is 2. The maximum absolute atomic E-state index is 12.5. The number of aromatic carboxylic acids is 1. The number of nitrogens with two attached hydrogens (primary N) is 1. The Morgan fingerprint density at radius 1 is 0.793 bits per heavy atom. The van der Waals surface area contributed by atoms with E-state index >= 15 is 0 Å². The number of non-ortho nitro benzene ring substituents is 1. The van der Waals surface area contributed by atoms with E-state index in [9.17, 15) is 34.4 Å². The molecule has 6 N–H and O–H groups in total. The standard InChI is InChI=1S/C23H17BrCl2N2O3S.C10H12N2O4.C7H5BrO2/c24-16-5-2-1-4-15(16)22(32)28-19(23(30)31)12-13-8-10-14(11-9-13)27-21(29)20-17(25)6-3-7-18(20)26;1-16-10(13)9(11)6-7-2-4-8(5-3-7)12(14)15;8-6-4-2-1-3-5(6)7(9)10/h1-11,19H,12H2,(H,27,29)(H,28,32)(H,30,31);2-5,9H,6,11H2,1H3;1-4H,(H,9,10)/t19-;;/m0../s1. The molecular weight excluding hydrogens is 943 g/mol. The number of benzene rings is 5. The smallest absolute Gasteiger partial charge is 0.336 e. The number of carbonyl (C=O) groups excluding carboxylic acids is 2. The first-order valence-corrected chi connectivity index (χ1v) is 19.4. The van der Waals surface area contributed by atoms with Crippen LogP contribution in [-0.2, 0) is 27.2 Å². The van der Waals surface area contributed by atoms with Crippen LogP contribution in [0.2, 0.25) is 10.0 Å². The van der Waals surface area contributed by atoms with Gasteiger partial charge < -0.3 is 31.3 Å². The van der Waals surface area contributed by atoms with E-state index in [1.807, 2.05) is 18.2 Å². The molecule has 5 aromatic rings. The molecule has 18 heteroatoms. The summed E-state index contributed by atoms with van der Waals surface area (Å²) in [6.07, 6.45) is 0.495. The SMILES string of the molecule is COC(=O)C(N)Cc1ccc([N+](=O)[O-])cc1.O=C(Nc1ccc(C[C@H](NC(=S)c2ccccc2Br)C(=O)O)cc1)c1c(Cl)cccc1Cl.O=C(O)c1ccccc1Br. The molecule has 0 radical (unpaired) electrons. The third-order valence-electron chi connectivity index (χ3n) is 7.77. The molecule has 0 fully saturated rings. The number of hydrogen-bond acceptors (Lipinski definition) is 9. The van der Waals surface area contributed by atoms with Crippen molar-refractivity contribution in [1.82, 2.24) is 5.32 Å². The van der Waals surface area contributed by atoms with E-state index in [0.717, 1.165) is 15.6 Å². The van der Waals surface area contributed by atoms with Gasteiger partial charge in [-0.25, -0.2) is 9.59 Å². The number of carboxylic acid groups (broad SMARTS) is 2. The molecule has 0 aliphatic carbocycles. The van der Waals surface area contributed by atoms with Crippen molar-refractivity contribution < 1.29 is 39.1 Å². The number of nitro groups is 1. The lowest BCUT2D eigenvalue weighted by atomic mass is 10.0. The Kier molecular flexibility index (Phi) is 18.9. The van der Waals surface area contributed by atoms with Gasteiger partial charge in [-0.3, -0.25) is 19.7 Å². The summed E-state index contributed by atoms with van der Waals surface area (Å²) < 4.78 is 5.87. The molecule has 0 heterocycles. The van der Waals surface area contributed by atoms with Crippen LogP contribution in [0, 0.1) is 10.1 Å². The second-order valence-electron chi connectivity index (χ2n) is 11.8. The molecule has 0 aromatic heterocycles. The molecule has 5 aromatic carbocycles. The van der Waals surface area contributed by atoms with Gasteiger partial charge in [0.1, 0.15) is 17.1 Å². The van der Waals surface area contributed by atoms with Gasteiger partial charge in [0, 0.05) is 38.7 Å². The summed E-state index contributed by atoms with van der Waals surface area (Å²) in [6, 6.07) is 29.9. The average Bonchev–Trinajstić information content (AvgIpc) is 3.18. The number of amides is 1. The molecule has 0 aliphatic rings. The predicted octanol–water partition coefficient (Wildman–Crippen LogP) is 8.75. The largest absolute Gasteiger partial charge is 0.480 e. The molecule has 0 saturated carbocycles. The number of ether oxygens (including phenoxy) is 1. The highest BCUT2D eigenvalue weighted by Crippen LogP contribution is 2.26. The lowest BCUT2D eigenvalue weighted by Gasteiger charge is -2.17. The normalized spacial score (nSPS) is 11.2. The molecule has 5 rings (SSSR count). The molecule has 1 amide bonds. The van der Waals surface area contributed by atoms with Crippen LogP contribution in [0.25, 0.3) is 0 Å². The molecule has 0 saturated heterocycles. The number of carboxylic acids is 2. The minimum atomic E-state index is -1.02. The molecule has 58 heavy (non-hydrogen) atoms. The first-order chi connectivity index (χ1) is 27.5. The van der Waals surface area contributed by atoms with E-state index < -0.39 is 40.8 Å². The van der Waals surface area contributed by atoms with E-state index in [4.69, 9.17) is 46.3 Å². The molecule has 0 aliphatic heterocycles. The fourth-order valence-corrected chi connectivity index (χ4v) is 6.78. The highest BCUT2D eigenvalue weighted by atomic mass is 79.9. The van der Waals surface area contributed by atoms with Crippen molar-refractivity contribution in [3.8, 4) is 0 Å². The Bertz CT molecular complexity index is 2250. The van der Waals surface area contributed by atoms with Crippen LogP contribution in [0.15, 0.2) is 124 Å². The maximum atomic E-state index is 12.5. The van der Waals surface area contributed by atoms with Gasteiger partial charge in [-0.05, 0) is 75.9 Å². The fourth-order valence-electron chi connectivity index (χ4n) is 4.83. The number of thiocarbonyl (C=S) groups is 1. The monoisotopic (exact) mass is 974 g/mol. The maximum Gasteiger partial charge on any atom is 0.336 e. The molecule has 0 bridgehead atoms. The van der Waals surface area contributed by atoms with Crippen LogP contribution in [0.4, 0.5) is 11.4 Å². The summed E-state index contributed by atoms with van der Waals surface area (Å²) in [6.45, 7) is 0. The van der Waals surface area contributed by atoms with Crippen LogP contribution >= 0.6 is 67.3 Å². The number of anilines is 1. The van der Waals surface area contributed by atoms with Crippen molar-refractivity contribution in [2.45, 2.75) is 24.9 Å². The van der Waals surface area contributed by atoms with Crippen LogP contribution in [-0.4, -0.2) is 63.1 Å². The van der Waals surface area contributed by atoms with Crippen molar-refractivity contribution in [3.05, 3.63) is 172 Å². The van der Waals surface area contributed by atoms with Crippen LogP contribution < -0.4 is 16.4 Å². The highest BCUT2D eigenvalue weighted by Gasteiger charge is 2.21. The second kappa shape index (κ2) is 23.2. The summed E-state index contributed by atoms with van der Waals surface area (Å²) in [5.74, 6) is -2.87. The number of halogens is 4. The lowest BCUT2D eigenvalue weighted by molar-refractivity contribution is -0.384. The summed E-state index contributed by atoms with van der Waals surface area (Å²) in [5, 5.41) is 34.7. The van der Waals surface area contributed by atoms with Gasteiger partial charge in [0.05, 0.1) is 33.2 Å². The molecule has 13 nitrogen and oxygen atoms in total. The van der Waals surface area contributed by atoms with E-state index in [1.54, 1.807) is 84.9 Å². The number of esters is 1. The number of nitrogens with zero attached hydrogens (tertiary/aromatic N) is 1. The zero-order valence-corrected chi connectivity index (χ0v) is 35.7. The number of nitro benzene ring substituents is 1. The Morgan fingerprint density at radius 3 is 1.76 bits per heavy atom. The van der Waals surface area contributed by atoms with Gasteiger partial charge in [0.2, 0.25) is 0 Å². The summed E-state index contributed by atoms with van der Waals surface area (Å²) in [7, 11) is 1.26. The summed E-state index contributed by atoms with van der Waals surface area (Å²) in [4.78, 5) is 56.0. The summed E-state index contributed by atoms with van der Waals surface area (Å²) >= 11 is 24.1. The topological polar surface area (TPSA) is 211 Å². The van der Waals surface area contributed by atoms with Gasteiger partial charge in [0.25, 0.3) is 11.6 Å². The quantitative estimate of drug-likeness (QED) is 0.0344. The van der Waals surface area contributed by atoms with Gasteiger partial charge in [-0.2, -0.15) is 0 Å². The first kappa shape index (κ1) is 47.1. The molecule has 302 valence electrons. The predicted molar refractivity (Wildman–Crippen MR) is 233 cm³/mol. The number of rotatable bonds is 12. The Hall–Kier alpha value is -5.23. The Morgan fingerprint density at radius 2 is 1.29 bits per heavy atom. The van der Waals surface area contributed by atoms with E-state index in [1.165, 1.54) is 19.2 Å². The molecule has 0 spiro atoms. The van der Waals surface area contributed by atoms with Gasteiger partial charge >= 0.3 is 17.9 Å². The van der Waals surface area contributed by atoms with Gasteiger partial charge in [-0.15, -0.1) is 0 Å². The van der Waals surface area contributed by atoms with Crippen molar-refractivity contribution in [2.75, 3.05) is 12.4 Å². The van der Waals surface area contributed by atoms with Crippen LogP contribution in [0.3, 0.4) is 0 Å². The van der Waals surface area contributed by atoms with Crippen molar-refractivity contribution in [1.29, 1.82) is 0 Å². The number of carbonyl (C=O) groups is 4. The van der Waals surface area contributed by atoms with E-state index in [2.05, 4.69) is 47.2 Å². The molecule has 1 unspecified atom stereocenters. The van der Waals surface area contributed by atoms with Crippen molar-refractivity contribution in [2.24, 2.45) is 5.73 Å². The van der Waals surface area contributed by atoms with Crippen molar-refractivity contribution in [3.63, 3.8) is 0 Å². The summed E-state index contributed by atoms with van der Waals surface area (Å²) in [5.41, 5.74) is 8.79. The third-order valence-corrected chi connectivity index (χ3v) is 10.1. The fraction of sp³-hybridized carbons (Fsp3) is 0.125. The number of hydrogen-bond donors (Lipinski definition) is 5. The average molecular weight is 978 g/mol. The first-order valence-electron chi connectivity index (χ1n) is 16.7. The van der Waals surface area contributed by atoms with Crippen LogP contribution in [0.1, 0.15) is 37.4 Å². The zero-order valence-electron chi connectivity index (χ0n) is 30.2. The Labute approximate surface area is 364 Å². The van der Waals surface area contributed by atoms with Gasteiger partial charge in [0.15, 0.2) is 0 Å². The third kappa shape index (κ3) is 14.6. The molecular formula is C40H34Br2Cl2N4O9S. The Balaban J connectivity index is 0.000000285. The minimum absolute atomic E-state index is 0.00962. The van der Waals surface area contributed by atoms with E-state index in [-0.39, 0.29) is 27.7 Å². The minimum Gasteiger partial charge on any atom is -0.480 e. The second-order valence-corrected chi connectivity index (χ2v) is 14.8. The number of aliphatic carboxylic acids is 1. The van der Waals surface area contributed by atoms with Gasteiger partial charge in [-0.1, -0.05) is 112 Å².